The topological polar surface area (TPSA) is 50.9 Å². The van der Waals surface area contributed by atoms with Gasteiger partial charge in [-0.25, -0.2) is 9.67 Å². The van der Waals surface area contributed by atoms with Gasteiger partial charge in [-0.2, -0.15) is 5.10 Å². The van der Waals surface area contributed by atoms with Gasteiger partial charge in [0.25, 0.3) is 0 Å². The summed E-state index contributed by atoms with van der Waals surface area (Å²) in [4.78, 5) is 6.00. The zero-order valence-corrected chi connectivity index (χ0v) is 8.74. The predicted molar refractivity (Wildman–Crippen MR) is 57.4 cm³/mol. The normalized spacial score (nSPS) is 9.67. The van der Waals surface area contributed by atoms with Crippen LogP contribution < -0.4 is 0 Å². The van der Waals surface area contributed by atoms with Crippen molar-refractivity contribution < 1.29 is 5.11 Å². The van der Waals surface area contributed by atoms with Crippen molar-refractivity contribution in [2.75, 3.05) is 6.61 Å². The van der Waals surface area contributed by atoms with Gasteiger partial charge >= 0.3 is 0 Å². The van der Waals surface area contributed by atoms with Gasteiger partial charge < -0.3 is 5.11 Å². The minimum Gasteiger partial charge on any atom is -0.384 e. The standard InChI is InChI=1S/C10H9N3OS/c14-5-1-2-9-3-4-10(15-9)6-13-8-11-7-12-13/h3-4,7-8,14H,5-6H2. The van der Waals surface area contributed by atoms with E-state index < -0.39 is 0 Å². The van der Waals surface area contributed by atoms with Crippen molar-refractivity contribution in [3.63, 3.8) is 0 Å². The van der Waals surface area contributed by atoms with Crippen molar-refractivity contribution in [3.05, 3.63) is 34.5 Å². The summed E-state index contributed by atoms with van der Waals surface area (Å²) in [5, 5.41) is 12.6. The van der Waals surface area contributed by atoms with Gasteiger partial charge in [-0.15, -0.1) is 11.3 Å². The van der Waals surface area contributed by atoms with E-state index in [2.05, 4.69) is 21.9 Å². The van der Waals surface area contributed by atoms with Crippen molar-refractivity contribution in [1.29, 1.82) is 0 Å². The van der Waals surface area contributed by atoms with Crippen LogP contribution in [0.25, 0.3) is 0 Å². The van der Waals surface area contributed by atoms with Gasteiger partial charge in [0.2, 0.25) is 0 Å². The Labute approximate surface area is 91.2 Å². The van der Waals surface area contributed by atoms with E-state index in [9.17, 15) is 0 Å². The molecule has 0 fully saturated rings. The van der Waals surface area contributed by atoms with E-state index in [0.717, 1.165) is 4.88 Å². The Morgan fingerprint density at radius 2 is 2.40 bits per heavy atom. The summed E-state index contributed by atoms with van der Waals surface area (Å²) in [7, 11) is 0. The van der Waals surface area contributed by atoms with E-state index in [1.807, 2.05) is 12.1 Å². The van der Waals surface area contributed by atoms with Crippen molar-refractivity contribution in [2.24, 2.45) is 0 Å². The lowest BCUT2D eigenvalue weighted by Crippen LogP contribution is -1.97. The zero-order chi connectivity index (χ0) is 10.5. The second-order valence-electron chi connectivity index (χ2n) is 2.82. The molecule has 0 spiro atoms. The minimum absolute atomic E-state index is 0.101. The number of hydrogen-bond donors (Lipinski definition) is 1. The summed E-state index contributed by atoms with van der Waals surface area (Å²) in [5.74, 6) is 5.49. The lowest BCUT2D eigenvalue weighted by atomic mass is 10.4. The van der Waals surface area contributed by atoms with Gasteiger partial charge in [-0.05, 0) is 12.1 Å². The molecule has 4 nitrogen and oxygen atoms in total. The zero-order valence-electron chi connectivity index (χ0n) is 7.92. The number of rotatable bonds is 2. The van der Waals surface area contributed by atoms with Crippen molar-refractivity contribution in [1.82, 2.24) is 14.8 Å². The van der Waals surface area contributed by atoms with Crippen LogP contribution in [0.3, 0.4) is 0 Å². The fraction of sp³-hybridized carbons (Fsp3) is 0.200. The second-order valence-corrected chi connectivity index (χ2v) is 3.99. The molecule has 0 amide bonds. The van der Waals surface area contributed by atoms with Gasteiger partial charge in [0, 0.05) is 4.88 Å². The van der Waals surface area contributed by atoms with Gasteiger partial charge in [-0.3, -0.25) is 0 Å². The molecule has 2 heterocycles. The highest BCUT2D eigenvalue weighted by atomic mass is 32.1. The third-order valence-electron chi connectivity index (χ3n) is 1.74. The Bertz CT molecular complexity index is 478. The average molecular weight is 219 g/mol. The Morgan fingerprint density at radius 3 is 3.13 bits per heavy atom. The fourth-order valence-corrected chi connectivity index (χ4v) is 2.01. The van der Waals surface area contributed by atoms with Gasteiger partial charge in [-0.1, -0.05) is 11.8 Å². The highest BCUT2D eigenvalue weighted by Crippen LogP contribution is 2.15. The van der Waals surface area contributed by atoms with Gasteiger partial charge in [0.15, 0.2) is 0 Å². The van der Waals surface area contributed by atoms with Crippen LogP contribution in [-0.2, 0) is 6.54 Å². The SMILES string of the molecule is OCC#Cc1ccc(Cn2cncn2)s1. The molecule has 0 aliphatic heterocycles. The molecule has 2 aromatic heterocycles. The molecule has 0 saturated heterocycles. The van der Waals surface area contributed by atoms with Crippen molar-refractivity contribution in [3.8, 4) is 11.8 Å². The van der Waals surface area contributed by atoms with E-state index in [1.165, 1.54) is 11.2 Å². The molecular formula is C10H9N3OS. The van der Waals surface area contributed by atoms with Crippen LogP contribution in [-0.4, -0.2) is 26.5 Å². The first-order valence-corrected chi connectivity index (χ1v) is 5.21. The maximum Gasteiger partial charge on any atom is 0.137 e. The second kappa shape index (κ2) is 4.73. The van der Waals surface area contributed by atoms with E-state index in [4.69, 9.17) is 5.11 Å². The van der Waals surface area contributed by atoms with Gasteiger partial charge in [0.05, 0.1) is 11.4 Å². The largest absolute Gasteiger partial charge is 0.384 e. The molecule has 0 saturated carbocycles. The van der Waals surface area contributed by atoms with E-state index in [-0.39, 0.29) is 6.61 Å². The van der Waals surface area contributed by atoms with Gasteiger partial charge in [0.1, 0.15) is 19.3 Å². The Morgan fingerprint density at radius 1 is 1.47 bits per heavy atom. The van der Waals surface area contributed by atoms with E-state index in [0.29, 0.717) is 6.54 Å². The molecule has 2 aromatic rings. The lowest BCUT2D eigenvalue weighted by Gasteiger charge is -1.94. The number of aliphatic hydroxyl groups is 1. The number of nitrogens with zero attached hydrogens (tertiary/aromatic N) is 3. The molecule has 0 bridgehead atoms. The van der Waals surface area contributed by atoms with Crippen LogP contribution >= 0.6 is 11.3 Å². The van der Waals surface area contributed by atoms with Crippen LogP contribution in [0.5, 0.6) is 0 Å². The predicted octanol–water partition coefficient (Wildman–Crippen LogP) is 0.732. The summed E-state index contributed by atoms with van der Waals surface area (Å²) in [5.41, 5.74) is 0. The maximum absolute atomic E-state index is 8.55. The van der Waals surface area contributed by atoms with Crippen LogP contribution in [0.1, 0.15) is 9.75 Å². The first-order valence-electron chi connectivity index (χ1n) is 4.39. The Hall–Kier alpha value is -1.64. The number of aliphatic hydroxyl groups excluding tert-OH is 1. The molecule has 0 aromatic carbocycles. The summed E-state index contributed by atoms with van der Waals surface area (Å²) in [6, 6.07) is 3.95. The van der Waals surface area contributed by atoms with Crippen LogP contribution in [0.15, 0.2) is 24.8 Å². The third kappa shape index (κ3) is 2.65. The van der Waals surface area contributed by atoms with Crippen molar-refractivity contribution >= 4 is 11.3 Å². The Kier molecular flexibility index (Phi) is 3.12. The van der Waals surface area contributed by atoms with Crippen LogP contribution in [0, 0.1) is 11.8 Å². The molecule has 1 N–H and O–H groups in total. The Balaban J connectivity index is 2.07. The highest BCUT2D eigenvalue weighted by molar-refractivity contribution is 7.12. The summed E-state index contributed by atoms with van der Waals surface area (Å²) in [6.07, 6.45) is 3.19. The fourth-order valence-electron chi connectivity index (χ4n) is 1.13. The van der Waals surface area contributed by atoms with Crippen LogP contribution in [0.4, 0.5) is 0 Å². The van der Waals surface area contributed by atoms with Crippen LogP contribution in [0.2, 0.25) is 0 Å². The molecule has 2 rings (SSSR count). The van der Waals surface area contributed by atoms with E-state index >= 15 is 0 Å². The lowest BCUT2D eigenvalue weighted by molar-refractivity contribution is 0.350. The minimum atomic E-state index is -0.101. The monoisotopic (exact) mass is 219 g/mol. The van der Waals surface area contributed by atoms with Crippen molar-refractivity contribution in [2.45, 2.75) is 6.54 Å². The average Bonchev–Trinajstić information content (AvgIpc) is 2.87. The molecule has 0 unspecified atom stereocenters. The quantitative estimate of drug-likeness (QED) is 0.758. The number of hydrogen-bond acceptors (Lipinski definition) is 4. The summed E-state index contributed by atoms with van der Waals surface area (Å²) in [6.45, 7) is 0.613. The molecule has 5 heteroatoms. The number of aromatic nitrogens is 3. The molecule has 0 aliphatic carbocycles. The number of thiophene rings is 1. The first kappa shape index (κ1) is 9.90. The molecule has 0 aliphatic rings. The molecule has 0 radical (unpaired) electrons. The maximum atomic E-state index is 8.55. The summed E-state index contributed by atoms with van der Waals surface area (Å²) < 4.78 is 1.76. The third-order valence-corrected chi connectivity index (χ3v) is 2.72. The molecule has 0 atom stereocenters. The first-order chi connectivity index (χ1) is 7.38. The highest BCUT2D eigenvalue weighted by Gasteiger charge is 1.99. The summed E-state index contributed by atoms with van der Waals surface area (Å²) >= 11 is 1.60. The molecule has 15 heavy (non-hydrogen) atoms. The van der Waals surface area contributed by atoms with E-state index in [1.54, 1.807) is 22.3 Å². The smallest absolute Gasteiger partial charge is 0.137 e. The molecular weight excluding hydrogens is 210 g/mol. The molecule has 76 valence electrons.